The normalized spacial score (nSPS) is 18.8. The molecule has 1 aromatic rings. The van der Waals surface area contributed by atoms with Crippen molar-refractivity contribution in [1.82, 2.24) is 10.2 Å². The van der Waals surface area contributed by atoms with E-state index >= 15 is 0 Å². The lowest BCUT2D eigenvalue weighted by molar-refractivity contribution is -0.117. The standard InChI is InChI=1S/C21H25ClF2N6O2/c1-11(12-5-3-4-6-13(12)19(23)24)29-15-7-8-30(16(9-25)17(22)20(27)31)10-14(15)18(26)21(32)28-2/h3-6,9,11,19,25H,7-8,10,26H2,1-2H3,(H2,27,31)(H,28,32)/b17-16-,18-14?,25-9?,29-15?/t11-/m0/s1. The number of nitrogens with two attached hydrogens (primary N) is 2. The van der Waals surface area contributed by atoms with Crippen molar-refractivity contribution in [3.05, 3.63) is 57.4 Å². The van der Waals surface area contributed by atoms with Gasteiger partial charge < -0.3 is 27.1 Å². The third-order valence-corrected chi connectivity index (χ3v) is 5.44. The van der Waals surface area contributed by atoms with Gasteiger partial charge in [-0.05, 0) is 12.5 Å². The summed E-state index contributed by atoms with van der Waals surface area (Å²) in [5.74, 6) is -1.44. The van der Waals surface area contributed by atoms with Gasteiger partial charge in [0, 0.05) is 49.6 Å². The Bertz CT molecular complexity index is 1010. The van der Waals surface area contributed by atoms with Gasteiger partial charge in [-0.2, -0.15) is 0 Å². The first-order valence-corrected chi connectivity index (χ1v) is 10.1. The minimum absolute atomic E-state index is 0.0233. The van der Waals surface area contributed by atoms with Crippen LogP contribution < -0.4 is 16.8 Å². The monoisotopic (exact) mass is 466 g/mol. The lowest BCUT2D eigenvalue weighted by atomic mass is 9.97. The molecule has 11 heteroatoms. The minimum atomic E-state index is -2.65. The molecule has 0 spiro atoms. The summed E-state index contributed by atoms with van der Waals surface area (Å²) in [6.07, 6.45) is -1.49. The largest absolute Gasteiger partial charge is 0.394 e. The van der Waals surface area contributed by atoms with Gasteiger partial charge in [-0.25, -0.2) is 8.78 Å². The van der Waals surface area contributed by atoms with Crippen molar-refractivity contribution in [3.8, 4) is 0 Å². The zero-order valence-corrected chi connectivity index (χ0v) is 18.4. The maximum atomic E-state index is 13.4. The molecule has 32 heavy (non-hydrogen) atoms. The summed E-state index contributed by atoms with van der Waals surface area (Å²) in [6, 6.07) is 5.50. The summed E-state index contributed by atoms with van der Waals surface area (Å²) in [7, 11) is 1.42. The molecule has 0 bridgehead atoms. The van der Waals surface area contributed by atoms with Gasteiger partial charge in [0.2, 0.25) is 0 Å². The summed E-state index contributed by atoms with van der Waals surface area (Å²) < 4.78 is 26.9. The van der Waals surface area contributed by atoms with Crippen LogP contribution in [0.3, 0.4) is 0 Å². The van der Waals surface area contributed by atoms with Crippen LogP contribution in [-0.2, 0) is 9.59 Å². The number of nitrogens with one attached hydrogen (secondary N) is 2. The molecule has 2 rings (SSSR count). The Balaban J connectivity index is 2.52. The molecule has 0 aliphatic carbocycles. The molecule has 0 aromatic heterocycles. The first-order valence-electron chi connectivity index (χ1n) is 9.72. The van der Waals surface area contributed by atoms with Crippen LogP contribution in [0, 0.1) is 5.41 Å². The maximum Gasteiger partial charge on any atom is 0.267 e. The number of amides is 2. The van der Waals surface area contributed by atoms with Crippen LogP contribution in [0.25, 0.3) is 0 Å². The Morgan fingerprint density at radius 1 is 1.28 bits per heavy atom. The fourth-order valence-electron chi connectivity index (χ4n) is 3.43. The smallest absolute Gasteiger partial charge is 0.267 e. The highest BCUT2D eigenvalue weighted by atomic mass is 35.5. The van der Waals surface area contributed by atoms with Gasteiger partial charge in [0.1, 0.15) is 10.7 Å². The summed E-state index contributed by atoms with van der Waals surface area (Å²) in [5, 5.41) is 9.73. The number of piperidine rings is 1. The summed E-state index contributed by atoms with van der Waals surface area (Å²) in [6.45, 7) is 2.00. The number of nitrogens with zero attached hydrogens (tertiary/aromatic N) is 2. The number of carbonyl (C=O) groups is 2. The average molecular weight is 467 g/mol. The van der Waals surface area contributed by atoms with Crippen molar-refractivity contribution >= 4 is 35.3 Å². The van der Waals surface area contributed by atoms with Crippen molar-refractivity contribution in [2.45, 2.75) is 25.8 Å². The number of hydrogen-bond acceptors (Lipinski definition) is 6. The number of rotatable bonds is 7. The second-order valence-corrected chi connectivity index (χ2v) is 7.41. The molecule has 0 unspecified atom stereocenters. The summed E-state index contributed by atoms with van der Waals surface area (Å²) >= 11 is 5.96. The molecule has 1 heterocycles. The molecule has 8 nitrogen and oxygen atoms in total. The third-order valence-electron chi connectivity index (χ3n) is 5.06. The van der Waals surface area contributed by atoms with E-state index in [1.807, 2.05) is 0 Å². The lowest BCUT2D eigenvalue weighted by Gasteiger charge is -2.33. The van der Waals surface area contributed by atoms with E-state index in [9.17, 15) is 18.4 Å². The summed E-state index contributed by atoms with van der Waals surface area (Å²) in [4.78, 5) is 29.9. The predicted molar refractivity (Wildman–Crippen MR) is 120 cm³/mol. The highest BCUT2D eigenvalue weighted by Gasteiger charge is 2.28. The van der Waals surface area contributed by atoms with Crippen LogP contribution in [0.1, 0.15) is 36.9 Å². The second-order valence-electron chi connectivity index (χ2n) is 7.03. The van der Waals surface area contributed by atoms with Crippen LogP contribution in [0.5, 0.6) is 0 Å². The average Bonchev–Trinajstić information content (AvgIpc) is 2.78. The van der Waals surface area contributed by atoms with E-state index in [0.717, 1.165) is 6.21 Å². The SMILES string of the molecule is CNC(=O)C(N)=C1CN(/C(C=N)=C(\Cl)C(N)=O)CCC1=N[C@@H](C)c1ccccc1C(F)F. The molecule has 0 saturated carbocycles. The Kier molecular flexibility index (Phi) is 8.48. The van der Waals surface area contributed by atoms with Crippen LogP contribution in [0.4, 0.5) is 8.78 Å². The molecule has 2 amide bonds. The molecule has 172 valence electrons. The molecule has 0 radical (unpaired) electrons. The number of benzene rings is 1. The maximum absolute atomic E-state index is 13.4. The number of aliphatic imine (C=N–C) groups is 1. The van der Waals surface area contributed by atoms with Gasteiger partial charge in [-0.3, -0.25) is 14.6 Å². The molecule has 1 aromatic carbocycles. The van der Waals surface area contributed by atoms with Crippen molar-refractivity contribution in [2.24, 2.45) is 16.5 Å². The van der Waals surface area contributed by atoms with E-state index in [4.69, 9.17) is 28.5 Å². The zero-order chi connectivity index (χ0) is 24.0. The van der Waals surface area contributed by atoms with Gasteiger partial charge >= 0.3 is 0 Å². The number of primary amides is 1. The predicted octanol–water partition coefficient (Wildman–Crippen LogP) is 2.38. The van der Waals surface area contributed by atoms with Gasteiger partial charge in [0.05, 0.1) is 11.7 Å². The first kappa shape index (κ1) is 25.0. The van der Waals surface area contributed by atoms with Crippen molar-refractivity contribution in [2.75, 3.05) is 20.1 Å². The molecule has 1 fully saturated rings. The molecule has 1 saturated heterocycles. The number of hydrogen-bond donors (Lipinski definition) is 4. The number of likely N-dealkylation sites (N-methyl/N-ethyl adjacent to an activating group) is 1. The van der Waals surface area contributed by atoms with Crippen molar-refractivity contribution in [1.29, 1.82) is 5.41 Å². The molecular formula is C21H25ClF2N6O2. The molecule has 1 atom stereocenters. The second kappa shape index (κ2) is 10.9. The summed E-state index contributed by atoms with van der Waals surface area (Å²) in [5.41, 5.74) is 12.3. The number of carbonyl (C=O) groups excluding carboxylic acids is 2. The van der Waals surface area contributed by atoms with Crippen molar-refractivity contribution in [3.63, 3.8) is 0 Å². The minimum Gasteiger partial charge on any atom is -0.394 e. The van der Waals surface area contributed by atoms with Gasteiger partial charge in [0.25, 0.3) is 18.2 Å². The van der Waals surface area contributed by atoms with Gasteiger partial charge in [0.15, 0.2) is 0 Å². The van der Waals surface area contributed by atoms with E-state index in [0.29, 0.717) is 23.4 Å². The fraction of sp³-hybridized carbons (Fsp3) is 0.333. The lowest BCUT2D eigenvalue weighted by Crippen LogP contribution is -2.40. The van der Waals surface area contributed by atoms with Crippen LogP contribution in [0.2, 0.25) is 0 Å². The molecule has 6 N–H and O–H groups in total. The van der Waals surface area contributed by atoms with Gasteiger partial charge in [-0.15, -0.1) is 0 Å². The topological polar surface area (TPSA) is 138 Å². The Morgan fingerprint density at radius 3 is 2.44 bits per heavy atom. The third kappa shape index (κ3) is 5.50. The number of allylic oxidation sites excluding steroid dienone is 1. The number of alkyl halides is 2. The van der Waals surface area contributed by atoms with Crippen LogP contribution >= 0.6 is 11.6 Å². The molecule has 1 aliphatic heterocycles. The highest BCUT2D eigenvalue weighted by molar-refractivity contribution is 6.43. The van der Waals surface area contributed by atoms with E-state index in [1.165, 1.54) is 19.2 Å². The molecular weight excluding hydrogens is 442 g/mol. The van der Waals surface area contributed by atoms with E-state index < -0.39 is 24.3 Å². The Labute approximate surface area is 189 Å². The van der Waals surface area contributed by atoms with Crippen LogP contribution in [0.15, 0.2) is 51.3 Å². The number of halogens is 3. The van der Waals surface area contributed by atoms with Crippen molar-refractivity contribution < 1.29 is 18.4 Å². The Morgan fingerprint density at radius 2 is 1.91 bits per heavy atom. The number of likely N-dealkylation sites (tertiary alicyclic amines) is 1. The fourth-order valence-corrected chi connectivity index (χ4v) is 3.60. The van der Waals surface area contributed by atoms with Crippen LogP contribution in [-0.4, -0.2) is 48.8 Å². The van der Waals surface area contributed by atoms with E-state index in [-0.39, 0.29) is 35.0 Å². The van der Waals surface area contributed by atoms with E-state index in [1.54, 1.807) is 24.0 Å². The quantitative estimate of drug-likeness (QED) is 0.362. The molecule has 1 aliphatic rings. The van der Waals surface area contributed by atoms with Gasteiger partial charge in [-0.1, -0.05) is 35.9 Å². The van der Waals surface area contributed by atoms with E-state index in [2.05, 4.69) is 10.3 Å². The Hall–Kier alpha value is -3.27. The first-order chi connectivity index (χ1) is 15.1. The highest BCUT2D eigenvalue weighted by Crippen LogP contribution is 2.31. The zero-order valence-electron chi connectivity index (χ0n) is 17.7.